The van der Waals surface area contributed by atoms with Crippen LogP contribution in [0.5, 0.6) is 5.88 Å². The van der Waals surface area contributed by atoms with E-state index < -0.39 is 30.1 Å². The maximum Gasteiger partial charge on any atom is 0.321 e. The second-order valence-electron chi connectivity index (χ2n) is 9.59. The Morgan fingerprint density at radius 1 is 1.39 bits per heavy atom. The van der Waals surface area contributed by atoms with E-state index in [9.17, 15) is 24.2 Å². The summed E-state index contributed by atoms with van der Waals surface area (Å²) < 4.78 is 19.4. The minimum Gasteiger partial charge on any atom is -0.472 e. The molecular formula is C28H39FN4O5. The van der Waals surface area contributed by atoms with Gasteiger partial charge in [0.15, 0.2) is 0 Å². The Hall–Kier alpha value is -3.68. The molecule has 1 aliphatic rings. The van der Waals surface area contributed by atoms with Crippen molar-refractivity contribution in [1.82, 2.24) is 14.8 Å². The molecule has 3 rings (SSSR count). The quantitative estimate of drug-likeness (QED) is 0.471. The number of fused-ring (bicyclic) bond motifs is 1. The maximum atomic E-state index is 13.5. The van der Waals surface area contributed by atoms with Gasteiger partial charge in [-0.25, -0.2) is 14.2 Å². The highest BCUT2D eigenvalue weighted by Crippen LogP contribution is 2.27. The summed E-state index contributed by atoms with van der Waals surface area (Å²) in [5, 5.41) is 22.5. The first kappa shape index (κ1) is 28.9. The normalized spacial score (nSPS) is 18.6. The molecule has 208 valence electrons. The van der Waals surface area contributed by atoms with Gasteiger partial charge in [-0.15, -0.1) is 0 Å². The number of aliphatic hydroxyl groups excluding tert-OH is 2. The number of nitrogens with zero attached hydrogens (tertiary/aromatic N) is 3. The third kappa shape index (κ3) is 7.43. The minimum absolute atomic E-state index is 0. The number of urea groups is 1. The summed E-state index contributed by atoms with van der Waals surface area (Å²) in [5.74, 6) is 4.77. The van der Waals surface area contributed by atoms with E-state index in [0.29, 0.717) is 17.7 Å². The van der Waals surface area contributed by atoms with Crippen molar-refractivity contribution in [3.63, 3.8) is 0 Å². The van der Waals surface area contributed by atoms with Crippen molar-refractivity contribution < 1.29 is 31.8 Å². The molecule has 3 N–H and O–H groups in total. The van der Waals surface area contributed by atoms with Crippen molar-refractivity contribution in [3.8, 4) is 17.7 Å². The van der Waals surface area contributed by atoms with Crippen LogP contribution in [0.1, 0.15) is 52.4 Å². The highest BCUT2D eigenvalue weighted by atomic mass is 19.1. The molecule has 1 unspecified atom stereocenters. The topological polar surface area (TPSA) is 115 Å². The molecule has 0 aliphatic carbocycles. The van der Waals surface area contributed by atoms with Crippen molar-refractivity contribution in [3.05, 3.63) is 53.5 Å². The molecule has 2 aromatic rings. The van der Waals surface area contributed by atoms with Crippen LogP contribution in [0.25, 0.3) is 0 Å². The Morgan fingerprint density at radius 3 is 2.76 bits per heavy atom. The van der Waals surface area contributed by atoms with Crippen LogP contribution in [0.15, 0.2) is 36.5 Å². The number of carbonyl (C=O) groups excluding carboxylic acids is 2. The summed E-state index contributed by atoms with van der Waals surface area (Å²) in [6.07, 6.45) is 1.49. The first-order valence-corrected chi connectivity index (χ1v) is 12.7. The third-order valence-electron chi connectivity index (χ3n) is 6.36. The van der Waals surface area contributed by atoms with Gasteiger partial charge in [0.05, 0.1) is 19.2 Å². The molecule has 10 heteroatoms. The lowest BCUT2D eigenvalue weighted by Crippen LogP contribution is -2.50. The monoisotopic (exact) mass is 530 g/mol. The summed E-state index contributed by atoms with van der Waals surface area (Å²) >= 11 is 0. The number of rotatable bonds is 7. The number of aromatic nitrogens is 1. The molecule has 0 fully saturated rings. The van der Waals surface area contributed by atoms with E-state index in [2.05, 4.69) is 22.1 Å². The zero-order chi connectivity index (χ0) is 27.8. The summed E-state index contributed by atoms with van der Waals surface area (Å²) in [6, 6.07) is 6.17. The zero-order valence-electron chi connectivity index (χ0n) is 22.1. The zero-order valence-corrected chi connectivity index (χ0v) is 22.1. The minimum atomic E-state index is -0.776. The van der Waals surface area contributed by atoms with Gasteiger partial charge in [0, 0.05) is 39.8 Å². The lowest BCUT2D eigenvalue weighted by atomic mass is 10.00. The largest absolute Gasteiger partial charge is 0.472 e. The first-order chi connectivity index (χ1) is 18.1. The SMILES string of the molecule is CCCC(O)C#Cc1cnc2c(c1)C(=O)N([C@H](C)CO)C[C@H](C)[C@H](CN(C)C(=O)Nc1ccc(F)cc1)O2.[HH].[HH]. The number of hydrogen-bond donors (Lipinski definition) is 3. The number of halogens is 1. The van der Waals surface area contributed by atoms with Crippen LogP contribution >= 0.6 is 0 Å². The van der Waals surface area contributed by atoms with E-state index in [1.807, 2.05) is 13.8 Å². The molecule has 0 radical (unpaired) electrons. The Bertz CT molecular complexity index is 1190. The van der Waals surface area contributed by atoms with Gasteiger partial charge in [0.1, 0.15) is 23.6 Å². The van der Waals surface area contributed by atoms with Gasteiger partial charge in [-0.05, 0) is 43.7 Å². The van der Waals surface area contributed by atoms with Crippen LogP contribution in [-0.4, -0.2) is 81.9 Å². The molecule has 0 spiro atoms. The Kier molecular flexibility index (Phi) is 10.0. The first-order valence-electron chi connectivity index (χ1n) is 12.7. The van der Waals surface area contributed by atoms with Gasteiger partial charge in [-0.1, -0.05) is 32.1 Å². The van der Waals surface area contributed by atoms with Crippen molar-refractivity contribution >= 4 is 17.6 Å². The fourth-order valence-corrected chi connectivity index (χ4v) is 4.01. The summed E-state index contributed by atoms with van der Waals surface area (Å²) in [5.41, 5.74) is 1.10. The number of ether oxygens (including phenoxy) is 1. The molecule has 3 amide bonds. The number of pyridine rings is 1. The highest BCUT2D eigenvalue weighted by Gasteiger charge is 2.34. The maximum absolute atomic E-state index is 13.5. The van der Waals surface area contributed by atoms with Crippen LogP contribution < -0.4 is 10.1 Å². The van der Waals surface area contributed by atoms with Crippen LogP contribution in [-0.2, 0) is 0 Å². The molecule has 2 heterocycles. The Morgan fingerprint density at radius 2 is 2.11 bits per heavy atom. The van der Waals surface area contributed by atoms with E-state index in [1.54, 1.807) is 24.9 Å². The molecular weight excluding hydrogens is 491 g/mol. The highest BCUT2D eigenvalue weighted by molar-refractivity contribution is 5.97. The van der Waals surface area contributed by atoms with E-state index >= 15 is 0 Å². The van der Waals surface area contributed by atoms with Crippen LogP contribution in [0.3, 0.4) is 0 Å². The van der Waals surface area contributed by atoms with E-state index in [-0.39, 0.29) is 45.8 Å². The standard InChI is InChI=1S/C28H35FN4O5.2H2/c1-5-6-23(35)12-7-20-13-24-26(30-14-20)38-25(18(2)15-33(27(24)36)19(3)17-34)16-32(4)28(37)31-22-10-8-21(29)9-11-22;;/h8-11,13-14,18-19,23,25,34-35H,5-6,15-17H2,1-4H3,(H,31,37);2*1H/t18-,19+,23?,25-;;/m0../s1. The summed E-state index contributed by atoms with van der Waals surface area (Å²) in [6.45, 7) is 5.84. The predicted octanol–water partition coefficient (Wildman–Crippen LogP) is 3.61. The Labute approximate surface area is 225 Å². The fourth-order valence-electron chi connectivity index (χ4n) is 4.01. The van der Waals surface area contributed by atoms with Gasteiger partial charge in [-0.2, -0.15) is 0 Å². The molecule has 1 aromatic heterocycles. The van der Waals surface area contributed by atoms with Crippen LogP contribution in [0, 0.1) is 23.6 Å². The molecule has 38 heavy (non-hydrogen) atoms. The van der Waals surface area contributed by atoms with Crippen LogP contribution in [0.4, 0.5) is 14.9 Å². The van der Waals surface area contributed by atoms with Crippen molar-refractivity contribution in [1.29, 1.82) is 0 Å². The lowest BCUT2D eigenvalue weighted by molar-refractivity contribution is 0.0356. The van der Waals surface area contributed by atoms with E-state index in [4.69, 9.17) is 4.74 Å². The average molecular weight is 531 g/mol. The van der Waals surface area contributed by atoms with Gasteiger partial charge in [0.2, 0.25) is 5.88 Å². The van der Waals surface area contributed by atoms with Crippen molar-refractivity contribution in [2.45, 2.75) is 51.9 Å². The van der Waals surface area contributed by atoms with Gasteiger partial charge in [-0.3, -0.25) is 4.79 Å². The van der Waals surface area contributed by atoms with Crippen molar-refractivity contribution in [2.24, 2.45) is 5.92 Å². The lowest BCUT2D eigenvalue weighted by Gasteiger charge is -2.37. The number of amides is 3. The smallest absolute Gasteiger partial charge is 0.321 e. The van der Waals surface area contributed by atoms with Gasteiger partial charge >= 0.3 is 6.03 Å². The third-order valence-corrected chi connectivity index (χ3v) is 6.36. The molecule has 0 bridgehead atoms. The number of hydrogen-bond acceptors (Lipinski definition) is 6. The summed E-state index contributed by atoms with van der Waals surface area (Å²) in [4.78, 5) is 33.6. The van der Waals surface area contributed by atoms with E-state index in [0.717, 1.165) is 6.42 Å². The molecule has 1 aromatic carbocycles. The molecule has 4 atom stereocenters. The molecule has 0 saturated carbocycles. The number of nitrogens with one attached hydrogen (secondary N) is 1. The number of aliphatic hydroxyl groups is 2. The average Bonchev–Trinajstić information content (AvgIpc) is 2.90. The number of carbonyl (C=O) groups is 2. The fraction of sp³-hybridized carbons (Fsp3) is 0.464. The summed E-state index contributed by atoms with van der Waals surface area (Å²) in [7, 11) is 1.61. The Balaban J connectivity index is 0.00000400. The predicted molar refractivity (Wildman–Crippen MR) is 145 cm³/mol. The second kappa shape index (κ2) is 13.2. The van der Waals surface area contributed by atoms with E-state index in [1.165, 1.54) is 35.4 Å². The second-order valence-corrected chi connectivity index (χ2v) is 9.59. The van der Waals surface area contributed by atoms with Crippen molar-refractivity contribution in [2.75, 3.05) is 32.1 Å². The molecule has 9 nitrogen and oxygen atoms in total. The number of likely N-dealkylation sites (N-methyl/N-ethyl adjacent to an activating group) is 1. The van der Waals surface area contributed by atoms with Crippen LogP contribution in [0.2, 0.25) is 0 Å². The number of anilines is 1. The van der Waals surface area contributed by atoms with Gasteiger partial charge < -0.3 is 30.1 Å². The number of benzene rings is 1. The molecule has 0 saturated heterocycles. The van der Waals surface area contributed by atoms with Gasteiger partial charge in [0.25, 0.3) is 5.91 Å². The molecule has 1 aliphatic heterocycles.